The van der Waals surface area contributed by atoms with Crippen molar-refractivity contribution in [1.29, 1.82) is 0 Å². The molecule has 0 aromatic heterocycles. The van der Waals surface area contributed by atoms with E-state index in [4.69, 9.17) is 0 Å². The molecule has 1 N–H and O–H groups in total. The normalized spacial score (nSPS) is 16.6. The standard InChI is InChI=1S/C9H11I2N.C4H9N3.Pt/c1-7-3-4-9(5-8(7)2)6-12(10)11;1-6-3-5-7(2)4-6;/h3-5H,6H2,1-2H3;5H,4H2,1-2H3;. The number of hydrogen-bond donors (Lipinski definition) is 1. The van der Waals surface area contributed by atoms with Crippen LogP contribution in [0.4, 0.5) is 0 Å². The first-order valence-corrected chi connectivity index (χ1v) is 9.19. The van der Waals surface area contributed by atoms with E-state index in [2.05, 4.69) is 116 Å². The molecule has 0 amide bonds. The van der Waals surface area contributed by atoms with Crippen molar-refractivity contribution in [1.82, 2.24) is 16.7 Å². The Hall–Kier alpha value is 1.08. The monoisotopic (exact) mass is 681 g/mol. The van der Waals surface area contributed by atoms with Crippen molar-refractivity contribution in [3.05, 3.63) is 34.9 Å². The SMILES string of the molecule is CN1CN(C)[C](=[Pt])N1.Cc1ccc(CN(I)I)cc1C. The first-order chi connectivity index (χ1) is 9.29. The molecular formula is C13H20I2N4Pt. The van der Waals surface area contributed by atoms with Crippen molar-refractivity contribution in [2.24, 2.45) is 0 Å². The molecule has 7 heteroatoms. The summed E-state index contributed by atoms with van der Waals surface area (Å²) in [5, 5.41) is 2.03. The maximum Gasteiger partial charge on any atom is 0.0436 e. The van der Waals surface area contributed by atoms with Crippen LogP contribution in [0.1, 0.15) is 16.7 Å². The van der Waals surface area contributed by atoms with E-state index in [-0.39, 0.29) is 0 Å². The van der Waals surface area contributed by atoms with Gasteiger partial charge in [-0.15, -0.1) is 0 Å². The molecule has 4 nitrogen and oxygen atoms in total. The quantitative estimate of drug-likeness (QED) is 0.384. The largest absolute Gasteiger partial charge is 0.184 e. The average molecular weight is 681 g/mol. The topological polar surface area (TPSA) is 21.8 Å². The maximum atomic E-state index is 3.13. The van der Waals surface area contributed by atoms with Crippen molar-refractivity contribution in [2.45, 2.75) is 20.4 Å². The van der Waals surface area contributed by atoms with Gasteiger partial charge in [-0.2, -0.15) is 1.33 Å². The molecular weight excluding hydrogens is 661 g/mol. The van der Waals surface area contributed by atoms with E-state index in [1.807, 2.05) is 12.1 Å². The van der Waals surface area contributed by atoms with Gasteiger partial charge in [0.05, 0.1) is 0 Å². The van der Waals surface area contributed by atoms with Crippen LogP contribution in [0.5, 0.6) is 0 Å². The predicted molar refractivity (Wildman–Crippen MR) is 98.0 cm³/mol. The summed E-state index contributed by atoms with van der Waals surface area (Å²) in [6.45, 7) is 6.27. The molecule has 20 heavy (non-hydrogen) atoms. The summed E-state index contributed by atoms with van der Waals surface area (Å²) in [6, 6.07) is 6.62. The fourth-order valence-electron chi connectivity index (χ4n) is 1.68. The number of rotatable bonds is 2. The van der Waals surface area contributed by atoms with E-state index in [1.54, 1.807) is 0 Å². The van der Waals surface area contributed by atoms with Crippen LogP contribution in [-0.2, 0) is 25.9 Å². The molecule has 0 unspecified atom stereocenters. The molecule has 0 saturated carbocycles. The van der Waals surface area contributed by atoms with Gasteiger partial charge in [0.15, 0.2) is 0 Å². The van der Waals surface area contributed by atoms with Crippen LogP contribution < -0.4 is 5.43 Å². The molecule has 1 saturated heterocycles. The first-order valence-electron chi connectivity index (χ1n) is 6.13. The van der Waals surface area contributed by atoms with E-state index < -0.39 is 0 Å². The van der Waals surface area contributed by atoms with Gasteiger partial charge in [-0.25, -0.2) is 0 Å². The third-order valence-corrected chi connectivity index (χ3v) is 4.69. The minimum Gasteiger partial charge on any atom is -0.184 e. The third kappa shape index (κ3) is 6.89. The molecule has 1 aromatic rings. The average Bonchev–Trinajstić information content (AvgIpc) is 2.61. The summed E-state index contributed by atoms with van der Waals surface area (Å²) in [6.07, 6.45) is 0. The van der Waals surface area contributed by atoms with Gasteiger partial charge in [-0.3, -0.25) is 0 Å². The minimum atomic E-state index is 0.971. The summed E-state index contributed by atoms with van der Waals surface area (Å²) in [5.74, 6) is 0. The summed E-state index contributed by atoms with van der Waals surface area (Å²) in [5.41, 5.74) is 7.25. The van der Waals surface area contributed by atoms with Gasteiger partial charge < -0.3 is 0 Å². The van der Waals surface area contributed by atoms with Crippen LogP contribution in [-0.4, -0.2) is 36.1 Å². The predicted octanol–water partition coefficient (Wildman–Crippen LogP) is 2.77. The summed E-state index contributed by atoms with van der Waals surface area (Å²) in [7, 11) is 4.07. The van der Waals surface area contributed by atoms with Gasteiger partial charge >= 0.3 is 59.6 Å². The first kappa shape index (κ1) is 19.1. The van der Waals surface area contributed by atoms with E-state index in [0.717, 1.165) is 13.2 Å². The molecule has 2 rings (SSSR count). The van der Waals surface area contributed by atoms with Gasteiger partial charge in [-0.05, 0) is 30.5 Å². The van der Waals surface area contributed by atoms with Gasteiger partial charge in [0.25, 0.3) is 0 Å². The molecule has 1 heterocycles. The van der Waals surface area contributed by atoms with Crippen LogP contribution in [0.2, 0.25) is 0 Å². The summed E-state index contributed by atoms with van der Waals surface area (Å²) >= 11 is 6.82. The molecule has 0 bridgehead atoms. The smallest absolute Gasteiger partial charge is 0.0436 e. The fraction of sp³-hybridized carbons (Fsp3) is 0.462. The van der Waals surface area contributed by atoms with Crippen molar-refractivity contribution >= 4 is 49.9 Å². The zero-order chi connectivity index (χ0) is 15.3. The number of nitrogens with zero attached hydrogens (tertiary/aromatic N) is 3. The second-order valence-corrected chi connectivity index (χ2v) is 10.0. The Morgan fingerprint density at radius 1 is 1.25 bits per heavy atom. The van der Waals surface area contributed by atoms with Crippen molar-refractivity contribution < 1.29 is 19.4 Å². The Morgan fingerprint density at radius 2 is 1.90 bits per heavy atom. The fourth-order valence-corrected chi connectivity index (χ4v) is 3.06. The van der Waals surface area contributed by atoms with Crippen LogP contribution in [0, 0.1) is 13.8 Å². The van der Waals surface area contributed by atoms with Gasteiger partial charge in [-0.1, -0.05) is 18.2 Å². The number of hydrazine groups is 1. The molecule has 1 aliphatic heterocycles. The second kappa shape index (κ2) is 9.27. The Morgan fingerprint density at radius 3 is 2.25 bits per heavy atom. The van der Waals surface area contributed by atoms with Gasteiger partial charge in [0.1, 0.15) is 0 Å². The zero-order valence-electron chi connectivity index (χ0n) is 12.1. The Kier molecular flexibility index (Phi) is 8.86. The van der Waals surface area contributed by atoms with E-state index in [0.29, 0.717) is 0 Å². The Labute approximate surface area is 160 Å². The van der Waals surface area contributed by atoms with Crippen LogP contribution in [0.3, 0.4) is 0 Å². The number of hydrogen-bond acceptors (Lipinski definition) is 4. The summed E-state index contributed by atoms with van der Waals surface area (Å²) < 4.78 is 3.31. The van der Waals surface area contributed by atoms with Crippen LogP contribution >= 0.6 is 45.7 Å². The van der Waals surface area contributed by atoms with E-state index >= 15 is 0 Å². The molecule has 1 fully saturated rings. The minimum absolute atomic E-state index is 0.971. The Bertz CT molecular complexity index is 468. The molecule has 0 aliphatic carbocycles. The Balaban J connectivity index is 0.000000217. The van der Waals surface area contributed by atoms with Crippen LogP contribution in [0.25, 0.3) is 0 Å². The number of benzene rings is 1. The summed E-state index contributed by atoms with van der Waals surface area (Å²) in [4.78, 5) is 2.14. The maximum absolute atomic E-state index is 3.13. The van der Waals surface area contributed by atoms with Gasteiger partial charge in [0.2, 0.25) is 0 Å². The van der Waals surface area contributed by atoms with Crippen molar-refractivity contribution in [2.75, 3.05) is 20.8 Å². The zero-order valence-corrected chi connectivity index (χ0v) is 18.6. The molecule has 1 aliphatic rings. The molecule has 0 spiro atoms. The van der Waals surface area contributed by atoms with E-state index in [9.17, 15) is 0 Å². The molecule has 1 aromatic carbocycles. The van der Waals surface area contributed by atoms with Crippen molar-refractivity contribution in [3.8, 4) is 0 Å². The second-order valence-electron chi connectivity index (χ2n) is 4.79. The molecule has 116 valence electrons. The number of aryl methyl sites for hydroxylation is 2. The van der Waals surface area contributed by atoms with Gasteiger partial charge in [0, 0.05) is 52.3 Å². The number of halogens is 2. The third-order valence-electron chi connectivity index (χ3n) is 2.89. The molecule has 0 radical (unpaired) electrons. The van der Waals surface area contributed by atoms with E-state index in [1.165, 1.54) is 20.8 Å². The number of nitrogens with one attached hydrogen (secondary N) is 1. The molecule has 0 atom stereocenters. The van der Waals surface area contributed by atoms with Crippen molar-refractivity contribution in [3.63, 3.8) is 0 Å². The van der Waals surface area contributed by atoms with Crippen LogP contribution in [0.15, 0.2) is 18.2 Å².